The van der Waals surface area contributed by atoms with Gasteiger partial charge in [-0.1, -0.05) is 0 Å². The van der Waals surface area contributed by atoms with Gasteiger partial charge in [0.15, 0.2) is 0 Å². The molecule has 0 spiro atoms. The van der Waals surface area contributed by atoms with Gasteiger partial charge < -0.3 is 9.47 Å². The Kier molecular flexibility index (Phi) is 5.65. The first-order valence-corrected chi connectivity index (χ1v) is 8.45. The molecule has 7 heteroatoms. The Labute approximate surface area is 147 Å². The third kappa shape index (κ3) is 3.91. The van der Waals surface area contributed by atoms with E-state index in [0.29, 0.717) is 19.3 Å². The number of methoxy groups -OCH3 is 2. The summed E-state index contributed by atoms with van der Waals surface area (Å²) in [7, 11) is 2.66. The molecule has 1 aliphatic carbocycles. The van der Waals surface area contributed by atoms with Crippen LogP contribution in [-0.2, 0) is 36.7 Å². The average molecular weight is 350 g/mol. The normalized spacial score (nSPS) is 18.2. The highest BCUT2D eigenvalue weighted by atomic mass is 16.5. The molecule has 0 aromatic carbocycles. The summed E-state index contributed by atoms with van der Waals surface area (Å²) in [5.74, 6) is -1.07. The zero-order chi connectivity index (χ0) is 18.8. The molecular weight excluding hydrogens is 324 g/mol. The zero-order valence-corrected chi connectivity index (χ0v) is 15.5. The highest BCUT2D eigenvalue weighted by Gasteiger charge is 2.38. The number of ether oxygens (including phenoxy) is 2. The lowest BCUT2D eigenvalue weighted by atomic mass is 9.84. The van der Waals surface area contributed by atoms with Crippen LogP contribution in [0.15, 0.2) is 6.20 Å². The molecule has 1 heterocycles. The van der Waals surface area contributed by atoms with E-state index in [2.05, 4.69) is 9.84 Å². The monoisotopic (exact) mass is 350 g/mol. The summed E-state index contributed by atoms with van der Waals surface area (Å²) in [6.07, 6.45) is 3.65. The van der Waals surface area contributed by atoms with Gasteiger partial charge in [0.2, 0.25) is 0 Å². The smallest absolute Gasteiger partial charge is 0.313 e. The Hall–Kier alpha value is -2.18. The number of carbonyl (C=O) groups is 3. The summed E-state index contributed by atoms with van der Waals surface area (Å²) in [5, 5.41) is 4.61. The number of esters is 2. The van der Waals surface area contributed by atoms with Gasteiger partial charge in [-0.2, -0.15) is 5.10 Å². The number of fused-ring (bicyclic) bond motifs is 1. The topological polar surface area (TPSA) is 87.5 Å². The third-order valence-corrected chi connectivity index (χ3v) is 5.25. The Bertz CT molecular complexity index is 677. The highest BCUT2D eigenvalue weighted by Crippen LogP contribution is 2.34. The van der Waals surface area contributed by atoms with Gasteiger partial charge in [-0.3, -0.25) is 19.1 Å². The van der Waals surface area contributed by atoms with Crippen LogP contribution >= 0.6 is 0 Å². The summed E-state index contributed by atoms with van der Waals surface area (Å²) in [4.78, 5) is 35.5. The first-order chi connectivity index (χ1) is 11.7. The predicted molar refractivity (Wildman–Crippen MR) is 89.9 cm³/mol. The molecule has 2 atom stereocenters. The number of aromatic nitrogens is 2. The Morgan fingerprint density at radius 2 is 2.00 bits per heavy atom. The van der Waals surface area contributed by atoms with Crippen LogP contribution < -0.4 is 0 Å². The van der Waals surface area contributed by atoms with E-state index in [-0.39, 0.29) is 30.1 Å². The minimum Gasteiger partial charge on any atom is -0.469 e. The number of nitrogens with zero attached hydrogens (tertiary/aromatic N) is 2. The van der Waals surface area contributed by atoms with E-state index in [9.17, 15) is 14.4 Å². The lowest BCUT2D eigenvalue weighted by Crippen LogP contribution is -2.34. The van der Waals surface area contributed by atoms with E-state index in [1.165, 1.54) is 14.2 Å². The molecule has 7 nitrogen and oxygen atoms in total. The molecule has 2 unspecified atom stereocenters. The van der Waals surface area contributed by atoms with Crippen LogP contribution in [0.4, 0.5) is 0 Å². The predicted octanol–water partition coefficient (Wildman–Crippen LogP) is 1.88. The van der Waals surface area contributed by atoms with Crippen molar-refractivity contribution in [3.05, 3.63) is 17.5 Å². The fraction of sp³-hybridized carbons (Fsp3) is 0.667. The number of hydrogen-bond donors (Lipinski definition) is 0. The first-order valence-electron chi connectivity index (χ1n) is 8.45. The van der Waals surface area contributed by atoms with Crippen molar-refractivity contribution in [2.45, 2.75) is 52.5 Å². The Morgan fingerprint density at radius 3 is 2.60 bits per heavy atom. The van der Waals surface area contributed by atoms with Crippen LogP contribution in [0.3, 0.4) is 0 Å². The quantitative estimate of drug-likeness (QED) is 0.575. The van der Waals surface area contributed by atoms with Gasteiger partial charge in [-0.25, -0.2) is 0 Å². The van der Waals surface area contributed by atoms with Crippen molar-refractivity contribution in [1.29, 1.82) is 0 Å². The fourth-order valence-corrected chi connectivity index (χ4v) is 3.12. The van der Waals surface area contributed by atoms with Crippen molar-refractivity contribution in [2.24, 2.45) is 11.3 Å². The molecule has 1 aromatic heterocycles. The lowest BCUT2D eigenvalue weighted by Gasteiger charge is -2.28. The molecule has 0 fully saturated rings. The lowest BCUT2D eigenvalue weighted by molar-refractivity contribution is -0.153. The summed E-state index contributed by atoms with van der Waals surface area (Å²) in [5.41, 5.74) is 1.24. The van der Waals surface area contributed by atoms with E-state index in [0.717, 1.165) is 11.3 Å². The first kappa shape index (κ1) is 19.1. The number of Topliss-reactive ketones (excluding diaryl/α,β-unsaturated/α-hetero) is 1. The molecule has 0 N–H and O–H groups in total. The summed E-state index contributed by atoms with van der Waals surface area (Å²) in [6.45, 7) is 5.58. The van der Waals surface area contributed by atoms with Gasteiger partial charge in [0.25, 0.3) is 0 Å². The van der Waals surface area contributed by atoms with Crippen molar-refractivity contribution in [2.75, 3.05) is 14.2 Å². The zero-order valence-electron chi connectivity index (χ0n) is 15.5. The summed E-state index contributed by atoms with van der Waals surface area (Å²) >= 11 is 0. The van der Waals surface area contributed by atoms with Crippen molar-refractivity contribution in [1.82, 2.24) is 9.78 Å². The van der Waals surface area contributed by atoms with Crippen LogP contribution in [0.5, 0.6) is 0 Å². The van der Waals surface area contributed by atoms with Gasteiger partial charge in [0.1, 0.15) is 12.2 Å². The van der Waals surface area contributed by atoms with Gasteiger partial charge >= 0.3 is 11.9 Å². The van der Waals surface area contributed by atoms with Gasteiger partial charge in [-0.05, 0) is 45.6 Å². The second-order valence-electron chi connectivity index (χ2n) is 7.13. The van der Waals surface area contributed by atoms with Crippen LogP contribution in [0.25, 0.3) is 0 Å². The molecule has 1 aliphatic rings. The van der Waals surface area contributed by atoms with E-state index in [1.54, 1.807) is 4.68 Å². The number of carbonyl (C=O) groups excluding carboxylic acids is 3. The maximum absolute atomic E-state index is 12.2. The molecule has 0 aliphatic heterocycles. The second-order valence-corrected chi connectivity index (χ2v) is 7.13. The van der Waals surface area contributed by atoms with Gasteiger partial charge in [0, 0.05) is 12.1 Å². The maximum Gasteiger partial charge on any atom is 0.313 e. The van der Waals surface area contributed by atoms with Gasteiger partial charge in [-0.15, -0.1) is 0 Å². The molecule has 2 rings (SSSR count). The molecule has 0 radical (unpaired) electrons. The van der Waals surface area contributed by atoms with E-state index < -0.39 is 11.4 Å². The molecular formula is C18H26N2O5. The summed E-state index contributed by atoms with van der Waals surface area (Å²) in [6, 6.07) is -0.185. The standard InChI is InChI=1S/C18H26N2O5/c1-11(18(2,3)17(23)25-5)20-10-13-8-12(6-7-14(13)19-20)15(21)9-16(22)24-4/h10-12H,6-9H2,1-5H3. The Morgan fingerprint density at radius 1 is 1.32 bits per heavy atom. The summed E-state index contributed by atoms with van der Waals surface area (Å²) < 4.78 is 11.2. The van der Waals surface area contributed by atoms with Crippen LogP contribution in [0, 0.1) is 11.3 Å². The average Bonchev–Trinajstić information content (AvgIpc) is 3.02. The molecule has 0 saturated heterocycles. The molecule has 0 saturated carbocycles. The number of ketones is 1. The minimum absolute atomic E-state index is 0.0896. The van der Waals surface area contributed by atoms with Crippen LogP contribution in [0.1, 0.15) is 50.9 Å². The van der Waals surface area contributed by atoms with Crippen LogP contribution in [-0.4, -0.2) is 41.7 Å². The highest BCUT2D eigenvalue weighted by molar-refractivity contribution is 5.97. The van der Waals surface area contributed by atoms with E-state index >= 15 is 0 Å². The SMILES string of the molecule is COC(=O)CC(=O)C1CCc2nn(C(C)C(C)(C)C(=O)OC)cc2C1. The van der Waals surface area contributed by atoms with E-state index in [4.69, 9.17) is 4.74 Å². The minimum atomic E-state index is -0.719. The number of rotatable bonds is 6. The molecule has 0 bridgehead atoms. The molecule has 1 aromatic rings. The van der Waals surface area contributed by atoms with E-state index in [1.807, 2.05) is 27.0 Å². The van der Waals surface area contributed by atoms with Crippen molar-refractivity contribution < 1.29 is 23.9 Å². The molecule has 138 valence electrons. The molecule has 0 amide bonds. The molecule has 25 heavy (non-hydrogen) atoms. The number of aryl methyl sites for hydroxylation is 1. The van der Waals surface area contributed by atoms with Crippen molar-refractivity contribution >= 4 is 17.7 Å². The Balaban J connectivity index is 2.14. The maximum atomic E-state index is 12.2. The second kappa shape index (κ2) is 7.37. The number of hydrogen-bond acceptors (Lipinski definition) is 6. The third-order valence-electron chi connectivity index (χ3n) is 5.25. The fourth-order valence-electron chi connectivity index (χ4n) is 3.12. The largest absolute Gasteiger partial charge is 0.469 e. The van der Waals surface area contributed by atoms with Crippen molar-refractivity contribution in [3.63, 3.8) is 0 Å². The van der Waals surface area contributed by atoms with Crippen molar-refractivity contribution in [3.8, 4) is 0 Å². The van der Waals surface area contributed by atoms with Gasteiger partial charge in [0.05, 0.1) is 31.4 Å². The van der Waals surface area contributed by atoms with Crippen LogP contribution in [0.2, 0.25) is 0 Å².